The highest BCUT2D eigenvalue weighted by Gasteiger charge is 2.46. The summed E-state index contributed by atoms with van der Waals surface area (Å²) >= 11 is 1.58. The second-order valence-corrected chi connectivity index (χ2v) is 14.4. The van der Waals surface area contributed by atoms with Crippen LogP contribution in [0.2, 0.25) is 0 Å². The summed E-state index contributed by atoms with van der Waals surface area (Å²) in [4.78, 5) is 38.4. The molecule has 1 aromatic carbocycles. The van der Waals surface area contributed by atoms with E-state index < -0.39 is 30.0 Å². The average Bonchev–Trinajstić information content (AvgIpc) is 3.81. The predicted octanol–water partition coefficient (Wildman–Crippen LogP) is 3.80. The van der Waals surface area contributed by atoms with Gasteiger partial charge in [-0.3, -0.25) is 14.5 Å². The number of nitrogens with one attached hydrogen (secondary N) is 2. The third-order valence-electron chi connectivity index (χ3n) is 9.92. The molecule has 5 heterocycles. The summed E-state index contributed by atoms with van der Waals surface area (Å²) in [6.45, 7) is 9.99. The first-order chi connectivity index (χ1) is 22.9. The number of aryl methyl sites for hydroxylation is 1. The Morgan fingerprint density at radius 3 is 2.52 bits per heavy atom. The van der Waals surface area contributed by atoms with E-state index in [1.165, 1.54) is 4.90 Å². The minimum Gasteiger partial charge on any atom is -0.391 e. The molecule has 0 bridgehead atoms. The van der Waals surface area contributed by atoms with Crippen LogP contribution in [-0.4, -0.2) is 107 Å². The maximum absolute atomic E-state index is 14.5. The number of carbonyl (C=O) groups is 2. The van der Waals surface area contributed by atoms with Crippen molar-refractivity contribution >= 4 is 29.0 Å². The van der Waals surface area contributed by atoms with E-state index in [-0.39, 0.29) is 43.3 Å². The fourth-order valence-electron chi connectivity index (χ4n) is 7.23. The molecule has 0 radical (unpaired) electrons. The van der Waals surface area contributed by atoms with Crippen LogP contribution < -0.4 is 15.5 Å². The van der Waals surface area contributed by atoms with Gasteiger partial charge in [-0.25, -0.2) is 13.8 Å². The minimum atomic E-state index is -2.77. The zero-order valence-electron chi connectivity index (χ0n) is 27.9. The molecule has 6 rings (SSSR count). The van der Waals surface area contributed by atoms with Crippen LogP contribution >= 0.6 is 11.3 Å². The SMILES string of the molecule is Cc1ncsc1-c1ccc(C(C)NC(=O)[C@@H]2C[C@@H](O)CN2C(=O)C(c2cc(N3CCN([C@@H]4CCNCC4(F)F)CC3)no2)C(C)C)cc1. The summed E-state index contributed by atoms with van der Waals surface area (Å²) in [5, 5.41) is 20.7. The van der Waals surface area contributed by atoms with E-state index in [0.29, 0.717) is 50.7 Å². The molecule has 2 aromatic heterocycles. The number of nitrogens with zero attached hydrogens (tertiary/aromatic N) is 5. The predicted molar refractivity (Wildman–Crippen MR) is 179 cm³/mol. The largest absolute Gasteiger partial charge is 0.391 e. The van der Waals surface area contributed by atoms with E-state index in [2.05, 4.69) is 20.8 Å². The molecule has 0 aliphatic carbocycles. The van der Waals surface area contributed by atoms with E-state index in [1.54, 1.807) is 17.4 Å². The van der Waals surface area contributed by atoms with Crippen molar-refractivity contribution < 1.29 is 28.0 Å². The average molecular weight is 686 g/mol. The van der Waals surface area contributed by atoms with Gasteiger partial charge in [0.1, 0.15) is 12.0 Å². The second kappa shape index (κ2) is 14.2. The van der Waals surface area contributed by atoms with Crippen LogP contribution in [-0.2, 0) is 9.59 Å². The molecule has 2 amide bonds. The van der Waals surface area contributed by atoms with E-state index in [9.17, 15) is 23.5 Å². The number of hydrogen-bond donors (Lipinski definition) is 3. The maximum atomic E-state index is 14.5. The van der Waals surface area contributed by atoms with Crippen LogP contribution in [0.3, 0.4) is 0 Å². The number of halogens is 2. The molecule has 3 aliphatic heterocycles. The number of likely N-dealkylation sites (tertiary alicyclic amines) is 1. The first-order valence-electron chi connectivity index (χ1n) is 16.8. The number of alkyl halides is 2. The lowest BCUT2D eigenvalue weighted by Crippen LogP contribution is -2.61. The Balaban J connectivity index is 1.10. The Morgan fingerprint density at radius 1 is 1.15 bits per heavy atom. The summed E-state index contributed by atoms with van der Waals surface area (Å²) in [7, 11) is 0. The molecule has 3 saturated heterocycles. The summed E-state index contributed by atoms with van der Waals surface area (Å²) in [5.41, 5.74) is 4.78. The first-order valence-corrected chi connectivity index (χ1v) is 17.6. The zero-order valence-corrected chi connectivity index (χ0v) is 28.7. The fraction of sp³-hybridized carbons (Fsp3) is 0.588. The number of aromatic nitrogens is 2. The van der Waals surface area contributed by atoms with Gasteiger partial charge < -0.3 is 30.1 Å². The third kappa shape index (κ3) is 7.12. The molecule has 3 aliphatic rings. The number of anilines is 1. The molecule has 48 heavy (non-hydrogen) atoms. The fourth-order valence-corrected chi connectivity index (χ4v) is 8.04. The maximum Gasteiger partial charge on any atom is 0.275 e. The molecular weight excluding hydrogens is 640 g/mol. The van der Waals surface area contributed by atoms with Crippen molar-refractivity contribution in [3.05, 3.63) is 52.9 Å². The molecule has 3 fully saturated rings. The topological polar surface area (TPSA) is 127 Å². The number of β-amino-alcohol motifs (C(OH)–C–C–N with tert-alkyl or cyclic N) is 1. The van der Waals surface area contributed by atoms with Crippen molar-refractivity contribution in [1.29, 1.82) is 0 Å². The summed E-state index contributed by atoms with van der Waals surface area (Å²) < 4.78 is 34.8. The Morgan fingerprint density at radius 2 is 1.88 bits per heavy atom. The van der Waals surface area contributed by atoms with Crippen LogP contribution in [0.5, 0.6) is 0 Å². The second-order valence-electron chi connectivity index (χ2n) is 13.6. The number of aliphatic hydroxyl groups is 1. The van der Waals surface area contributed by atoms with Gasteiger partial charge in [-0.05, 0) is 43.9 Å². The van der Waals surface area contributed by atoms with Gasteiger partial charge in [-0.15, -0.1) is 11.3 Å². The highest BCUT2D eigenvalue weighted by atomic mass is 32.1. The number of aliphatic hydroxyl groups excluding tert-OH is 1. The summed E-state index contributed by atoms with van der Waals surface area (Å²) in [6.07, 6.45) is -0.284. The number of benzene rings is 1. The Hall–Kier alpha value is -3.46. The van der Waals surface area contributed by atoms with Crippen molar-refractivity contribution in [1.82, 2.24) is 30.6 Å². The van der Waals surface area contributed by atoms with Crippen molar-refractivity contribution in [2.24, 2.45) is 5.92 Å². The van der Waals surface area contributed by atoms with Crippen molar-refractivity contribution in [2.45, 2.75) is 76.6 Å². The molecule has 0 spiro atoms. The van der Waals surface area contributed by atoms with E-state index >= 15 is 0 Å². The van der Waals surface area contributed by atoms with Gasteiger partial charge in [0.2, 0.25) is 11.8 Å². The van der Waals surface area contributed by atoms with E-state index in [4.69, 9.17) is 4.52 Å². The lowest BCUT2D eigenvalue weighted by molar-refractivity contribution is -0.141. The summed E-state index contributed by atoms with van der Waals surface area (Å²) in [5.74, 6) is -3.37. The molecule has 14 heteroatoms. The normalized spacial score (nSPS) is 24.5. The Kier molecular flexibility index (Phi) is 10.2. The summed E-state index contributed by atoms with van der Waals surface area (Å²) in [6, 6.07) is 7.80. The minimum absolute atomic E-state index is 0.0433. The molecular formula is C34H45F2N7O4S. The van der Waals surface area contributed by atoms with E-state index in [1.807, 2.05) is 67.3 Å². The standard InChI is InChI=1S/C34H45F2N7O4S/c1-20(2)30(27-16-29(40-47-27)42-13-11-41(12-14-42)28-9-10-37-18-34(28,35)36)33(46)43-17-25(44)15-26(43)32(45)39-21(3)23-5-7-24(8-6-23)31-22(4)38-19-48-31/h5-8,16,19-21,25-26,28,30,37,44H,9-15,17-18H2,1-4H3,(H,39,45)/t21?,25-,26+,28-,30?/m1/s1. The quantitative estimate of drug-likeness (QED) is 0.308. The molecule has 2 unspecified atom stereocenters. The van der Waals surface area contributed by atoms with Gasteiger partial charge in [0.15, 0.2) is 11.6 Å². The van der Waals surface area contributed by atoms with Crippen LogP contribution in [0.1, 0.15) is 62.6 Å². The van der Waals surface area contributed by atoms with Gasteiger partial charge in [0.25, 0.3) is 5.92 Å². The highest BCUT2D eigenvalue weighted by molar-refractivity contribution is 7.13. The van der Waals surface area contributed by atoms with Crippen LogP contribution in [0.15, 0.2) is 40.4 Å². The van der Waals surface area contributed by atoms with Gasteiger partial charge in [0, 0.05) is 45.2 Å². The molecule has 260 valence electrons. The molecule has 11 nitrogen and oxygen atoms in total. The molecule has 3 aromatic rings. The van der Waals surface area contributed by atoms with Crippen molar-refractivity contribution in [2.75, 3.05) is 50.7 Å². The first kappa shape index (κ1) is 34.4. The molecule has 3 N–H and O–H groups in total. The number of piperazine rings is 1. The monoisotopic (exact) mass is 685 g/mol. The molecule has 5 atom stereocenters. The molecule has 0 saturated carbocycles. The number of carbonyl (C=O) groups excluding carboxylic acids is 2. The lowest BCUT2D eigenvalue weighted by Gasteiger charge is -2.43. The number of piperidine rings is 1. The zero-order chi connectivity index (χ0) is 34.2. The Bertz CT molecular complexity index is 1570. The number of thiazole rings is 1. The third-order valence-corrected chi connectivity index (χ3v) is 10.9. The van der Waals surface area contributed by atoms with Crippen LogP contribution in [0.25, 0.3) is 10.4 Å². The van der Waals surface area contributed by atoms with Gasteiger partial charge >= 0.3 is 0 Å². The van der Waals surface area contributed by atoms with Crippen LogP contribution in [0.4, 0.5) is 14.6 Å². The van der Waals surface area contributed by atoms with Crippen molar-refractivity contribution in [3.63, 3.8) is 0 Å². The van der Waals surface area contributed by atoms with Gasteiger partial charge in [-0.1, -0.05) is 43.3 Å². The van der Waals surface area contributed by atoms with Crippen LogP contribution in [0, 0.1) is 12.8 Å². The number of amides is 2. The van der Waals surface area contributed by atoms with Crippen molar-refractivity contribution in [3.8, 4) is 10.4 Å². The number of rotatable bonds is 9. The lowest BCUT2D eigenvalue weighted by atomic mass is 9.91. The van der Waals surface area contributed by atoms with Gasteiger partial charge in [0.05, 0.1) is 40.8 Å². The number of hydrogen-bond acceptors (Lipinski definition) is 10. The Labute approximate surface area is 283 Å². The van der Waals surface area contributed by atoms with Gasteiger partial charge in [-0.2, -0.15) is 0 Å². The highest BCUT2D eigenvalue weighted by Crippen LogP contribution is 2.34. The van der Waals surface area contributed by atoms with E-state index in [0.717, 1.165) is 21.7 Å². The smallest absolute Gasteiger partial charge is 0.275 e.